The third-order valence-electron chi connectivity index (χ3n) is 2.29. The van der Waals surface area contributed by atoms with Gasteiger partial charge in [-0.3, -0.25) is 0 Å². The Kier molecular flexibility index (Phi) is 5.13. The predicted octanol–water partition coefficient (Wildman–Crippen LogP) is 6.55. The van der Waals surface area contributed by atoms with E-state index in [1.54, 1.807) is 6.07 Å². The Morgan fingerprint density at radius 3 is 2.44 bits per heavy atom. The van der Waals surface area contributed by atoms with Crippen molar-refractivity contribution in [2.24, 2.45) is 0 Å². The van der Waals surface area contributed by atoms with E-state index in [0.29, 0.717) is 10.8 Å². The Hall–Kier alpha value is -0.0300. The SMILES string of the molecule is Clc1cc(Br)ccc1Oc1ccc(CBr)c(Br)c1. The first-order chi connectivity index (χ1) is 8.60. The molecule has 2 aromatic rings. The van der Waals surface area contributed by atoms with Crippen LogP contribution in [0, 0.1) is 0 Å². The van der Waals surface area contributed by atoms with Gasteiger partial charge in [-0.1, -0.05) is 65.5 Å². The minimum atomic E-state index is 0.574. The monoisotopic (exact) mass is 452 g/mol. The second-order valence-electron chi connectivity index (χ2n) is 3.56. The number of rotatable bonds is 3. The van der Waals surface area contributed by atoms with Crippen LogP contribution in [0.4, 0.5) is 0 Å². The lowest BCUT2D eigenvalue weighted by Crippen LogP contribution is -1.87. The molecule has 0 aliphatic heterocycles. The topological polar surface area (TPSA) is 9.23 Å². The molecule has 0 N–H and O–H groups in total. The molecule has 0 amide bonds. The highest BCUT2D eigenvalue weighted by atomic mass is 79.9. The van der Waals surface area contributed by atoms with Gasteiger partial charge in [0.15, 0.2) is 0 Å². The normalized spacial score (nSPS) is 10.4. The van der Waals surface area contributed by atoms with E-state index < -0.39 is 0 Å². The van der Waals surface area contributed by atoms with E-state index in [4.69, 9.17) is 16.3 Å². The first-order valence-corrected chi connectivity index (χ1v) is 8.16. The molecule has 0 saturated carbocycles. The van der Waals surface area contributed by atoms with Crippen LogP contribution in [0.2, 0.25) is 5.02 Å². The second-order valence-corrected chi connectivity index (χ2v) is 6.30. The Bertz CT molecular complexity index is 572. The van der Waals surface area contributed by atoms with Crippen LogP contribution in [0.1, 0.15) is 5.56 Å². The fourth-order valence-electron chi connectivity index (χ4n) is 1.38. The van der Waals surface area contributed by atoms with Gasteiger partial charge >= 0.3 is 0 Å². The largest absolute Gasteiger partial charge is 0.456 e. The number of ether oxygens (including phenoxy) is 1. The molecule has 0 bridgehead atoms. The van der Waals surface area contributed by atoms with Crippen LogP contribution in [-0.4, -0.2) is 0 Å². The summed E-state index contributed by atoms with van der Waals surface area (Å²) in [6, 6.07) is 11.4. The summed E-state index contributed by atoms with van der Waals surface area (Å²) in [5.41, 5.74) is 1.17. The van der Waals surface area contributed by atoms with Crippen LogP contribution >= 0.6 is 59.4 Å². The van der Waals surface area contributed by atoms with E-state index >= 15 is 0 Å². The van der Waals surface area contributed by atoms with Crippen molar-refractivity contribution in [2.75, 3.05) is 0 Å². The van der Waals surface area contributed by atoms with Crippen molar-refractivity contribution in [3.63, 3.8) is 0 Å². The third kappa shape index (κ3) is 3.50. The fraction of sp³-hybridized carbons (Fsp3) is 0.0769. The van der Waals surface area contributed by atoms with Crippen molar-refractivity contribution in [1.82, 2.24) is 0 Å². The number of benzene rings is 2. The molecule has 2 aromatic carbocycles. The molecule has 2 rings (SSSR count). The molecular weight excluding hydrogens is 447 g/mol. The van der Waals surface area contributed by atoms with Gasteiger partial charge in [0.25, 0.3) is 0 Å². The summed E-state index contributed by atoms with van der Waals surface area (Å²) in [5, 5.41) is 1.37. The van der Waals surface area contributed by atoms with Crippen molar-refractivity contribution in [3.05, 3.63) is 55.9 Å². The molecule has 18 heavy (non-hydrogen) atoms. The molecule has 0 fully saturated rings. The predicted molar refractivity (Wildman–Crippen MR) is 86.0 cm³/mol. The highest BCUT2D eigenvalue weighted by molar-refractivity contribution is 9.11. The van der Waals surface area contributed by atoms with Crippen LogP contribution in [0.3, 0.4) is 0 Å². The van der Waals surface area contributed by atoms with Crippen LogP contribution in [0.15, 0.2) is 45.3 Å². The Morgan fingerprint density at radius 1 is 1.06 bits per heavy atom. The summed E-state index contributed by atoms with van der Waals surface area (Å²) in [6.07, 6.45) is 0. The van der Waals surface area contributed by atoms with Gasteiger partial charge in [0.2, 0.25) is 0 Å². The molecule has 0 saturated heterocycles. The van der Waals surface area contributed by atoms with Crippen LogP contribution in [0.5, 0.6) is 11.5 Å². The highest BCUT2D eigenvalue weighted by Crippen LogP contribution is 2.33. The molecule has 0 aliphatic rings. The van der Waals surface area contributed by atoms with E-state index in [9.17, 15) is 0 Å². The zero-order valence-electron chi connectivity index (χ0n) is 9.09. The quantitative estimate of drug-likeness (QED) is 0.477. The summed E-state index contributed by atoms with van der Waals surface area (Å²) >= 11 is 16.4. The molecule has 5 heteroatoms. The Labute approximate surface area is 136 Å². The zero-order chi connectivity index (χ0) is 13.1. The first kappa shape index (κ1) is 14.4. The average molecular weight is 455 g/mol. The molecule has 0 atom stereocenters. The third-order valence-corrected chi connectivity index (χ3v) is 4.42. The van der Waals surface area contributed by atoms with Gasteiger partial charge < -0.3 is 4.74 Å². The van der Waals surface area contributed by atoms with Gasteiger partial charge in [-0.15, -0.1) is 0 Å². The lowest BCUT2D eigenvalue weighted by Gasteiger charge is -2.09. The molecular formula is C13H8Br3ClO. The van der Waals surface area contributed by atoms with Crippen LogP contribution in [-0.2, 0) is 5.33 Å². The maximum Gasteiger partial charge on any atom is 0.146 e. The van der Waals surface area contributed by atoms with Gasteiger partial charge in [-0.05, 0) is 35.9 Å². The lowest BCUT2D eigenvalue weighted by atomic mass is 10.2. The molecule has 0 heterocycles. The van der Waals surface area contributed by atoms with Gasteiger partial charge in [-0.2, -0.15) is 0 Å². The van der Waals surface area contributed by atoms with Crippen molar-refractivity contribution in [2.45, 2.75) is 5.33 Å². The Morgan fingerprint density at radius 2 is 1.83 bits per heavy atom. The van der Waals surface area contributed by atoms with Gasteiger partial charge in [0.1, 0.15) is 11.5 Å². The average Bonchev–Trinajstić information content (AvgIpc) is 2.33. The van der Waals surface area contributed by atoms with Crippen LogP contribution < -0.4 is 4.74 Å². The van der Waals surface area contributed by atoms with E-state index in [1.807, 2.05) is 30.3 Å². The van der Waals surface area contributed by atoms with Crippen molar-refractivity contribution in [1.29, 1.82) is 0 Å². The van der Waals surface area contributed by atoms with Gasteiger partial charge in [0, 0.05) is 14.3 Å². The summed E-state index contributed by atoms with van der Waals surface area (Å²) in [7, 11) is 0. The Balaban J connectivity index is 2.26. The number of hydrogen-bond donors (Lipinski definition) is 0. The van der Waals surface area contributed by atoms with Gasteiger partial charge in [-0.25, -0.2) is 0 Å². The molecule has 94 valence electrons. The zero-order valence-corrected chi connectivity index (χ0v) is 14.6. The summed E-state index contributed by atoms with van der Waals surface area (Å²) in [4.78, 5) is 0. The molecule has 0 aromatic heterocycles. The molecule has 0 unspecified atom stereocenters. The van der Waals surface area contributed by atoms with Crippen molar-refractivity contribution >= 4 is 59.4 Å². The van der Waals surface area contributed by atoms with E-state index in [2.05, 4.69) is 47.8 Å². The number of alkyl halides is 1. The number of halogens is 4. The molecule has 0 aliphatic carbocycles. The lowest BCUT2D eigenvalue weighted by molar-refractivity contribution is 0.482. The highest BCUT2D eigenvalue weighted by Gasteiger charge is 2.06. The molecule has 0 spiro atoms. The van der Waals surface area contributed by atoms with E-state index in [1.165, 1.54) is 5.56 Å². The summed E-state index contributed by atoms with van der Waals surface area (Å²) in [5.74, 6) is 1.38. The van der Waals surface area contributed by atoms with Gasteiger partial charge in [0.05, 0.1) is 5.02 Å². The second kappa shape index (κ2) is 6.42. The maximum absolute atomic E-state index is 6.10. The maximum atomic E-state index is 6.10. The first-order valence-electron chi connectivity index (χ1n) is 5.07. The fourth-order valence-corrected chi connectivity index (χ4v) is 3.46. The van der Waals surface area contributed by atoms with Crippen molar-refractivity contribution < 1.29 is 4.74 Å². The standard InChI is InChI=1S/C13H8Br3ClO/c14-7-8-1-3-10(6-11(8)16)18-13-4-2-9(15)5-12(13)17/h1-6H,7H2. The van der Waals surface area contributed by atoms with Crippen LogP contribution in [0.25, 0.3) is 0 Å². The van der Waals surface area contributed by atoms with E-state index in [-0.39, 0.29) is 0 Å². The minimum absolute atomic E-state index is 0.574. The van der Waals surface area contributed by atoms with E-state index in [0.717, 1.165) is 20.0 Å². The summed E-state index contributed by atoms with van der Waals surface area (Å²) in [6.45, 7) is 0. The number of hydrogen-bond acceptors (Lipinski definition) is 1. The molecule has 0 radical (unpaired) electrons. The summed E-state index contributed by atoms with van der Waals surface area (Å²) < 4.78 is 7.68. The minimum Gasteiger partial charge on any atom is -0.456 e. The molecule has 1 nitrogen and oxygen atoms in total. The smallest absolute Gasteiger partial charge is 0.146 e. The van der Waals surface area contributed by atoms with Crippen molar-refractivity contribution in [3.8, 4) is 11.5 Å².